The molecule has 6 nitrogen and oxygen atoms in total. The van der Waals surface area contributed by atoms with Gasteiger partial charge in [-0.1, -0.05) is 48.6 Å². The van der Waals surface area contributed by atoms with Crippen LogP contribution in [0.15, 0.2) is 77.8 Å². The first-order chi connectivity index (χ1) is 16.5. The Labute approximate surface area is 200 Å². The van der Waals surface area contributed by atoms with Gasteiger partial charge in [-0.2, -0.15) is 0 Å². The van der Waals surface area contributed by atoms with E-state index < -0.39 is 15.8 Å². The van der Waals surface area contributed by atoms with Gasteiger partial charge in [0, 0.05) is 36.6 Å². The Hall–Kier alpha value is -2.45. The van der Waals surface area contributed by atoms with Gasteiger partial charge in [-0.15, -0.1) is 0 Å². The van der Waals surface area contributed by atoms with E-state index in [1.165, 1.54) is 3.97 Å². The van der Waals surface area contributed by atoms with E-state index in [0.717, 1.165) is 42.4 Å². The summed E-state index contributed by atoms with van der Waals surface area (Å²) < 4.78 is 40.3. The molecule has 2 aromatic carbocycles. The monoisotopic (exact) mass is 478 g/mol. The highest BCUT2D eigenvalue weighted by Crippen LogP contribution is 2.43. The third-order valence-electron chi connectivity index (χ3n) is 7.70. The highest BCUT2D eigenvalue weighted by molar-refractivity contribution is 7.90. The summed E-state index contributed by atoms with van der Waals surface area (Å²) in [6.07, 6.45) is 8.34. The van der Waals surface area contributed by atoms with E-state index >= 15 is 0 Å². The largest absolute Gasteiger partial charge is 0.347 e. The predicted octanol–water partition coefficient (Wildman–Crippen LogP) is 4.06. The van der Waals surface area contributed by atoms with E-state index in [0.29, 0.717) is 29.9 Å². The summed E-state index contributed by atoms with van der Waals surface area (Å²) in [7, 11) is -3.67. The highest BCUT2D eigenvalue weighted by atomic mass is 32.2. The molecule has 3 atom stereocenters. The van der Waals surface area contributed by atoms with Gasteiger partial charge in [-0.05, 0) is 49.4 Å². The first kappa shape index (κ1) is 22.0. The molecule has 2 saturated heterocycles. The number of rotatable bonds is 6. The average Bonchev–Trinajstić information content (AvgIpc) is 3.49. The van der Waals surface area contributed by atoms with Crippen molar-refractivity contribution in [1.29, 1.82) is 0 Å². The molecule has 0 N–H and O–H groups in total. The Kier molecular flexibility index (Phi) is 5.41. The van der Waals surface area contributed by atoms with Gasteiger partial charge in [0.25, 0.3) is 10.0 Å². The van der Waals surface area contributed by atoms with E-state index in [2.05, 4.69) is 24.0 Å². The summed E-state index contributed by atoms with van der Waals surface area (Å²) in [4.78, 5) is 2.82. The number of fused-ring (bicyclic) bond motifs is 3. The van der Waals surface area contributed by atoms with Crippen molar-refractivity contribution in [2.24, 2.45) is 11.8 Å². The van der Waals surface area contributed by atoms with E-state index in [9.17, 15) is 8.42 Å². The molecule has 0 radical (unpaired) electrons. The summed E-state index contributed by atoms with van der Waals surface area (Å²) >= 11 is 0. The number of hydrogen-bond acceptors (Lipinski definition) is 5. The lowest BCUT2D eigenvalue weighted by molar-refractivity contribution is -0.205. The van der Waals surface area contributed by atoms with Crippen molar-refractivity contribution in [3.63, 3.8) is 0 Å². The number of benzene rings is 2. The number of para-hydroxylation sites is 1. The van der Waals surface area contributed by atoms with Gasteiger partial charge in [0.1, 0.15) is 0 Å². The standard InChI is InChI=1S/C27H30N2O4S/c1-27(32-15-16-33-27)24-17-20-11-12-26(24)28(18-20)14-13-21-19-29(25-10-6-5-9-23(21)25)34(30,31)22-7-3-2-4-8-22/h2-12,19-20,24,26H,13-18H2,1H3/t20-,24+,26+/m0/s1. The lowest BCUT2D eigenvalue weighted by atomic mass is 9.73. The van der Waals surface area contributed by atoms with Crippen molar-refractivity contribution in [1.82, 2.24) is 8.87 Å². The molecule has 178 valence electrons. The SMILES string of the molecule is CC1([C@@H]2C[C@@H]3C=C[C@H]2N(CCc2cn(S(=O)(=O)c4ccccc4)c4ccccc24)C3)OCCO1. The molecule has 1 aromatic heterocycles. The molecule has 0 unspecified atom stereocenters. The van der Waals surface area contributed by atoms with Crippen LogP contribution in [0.5, 0.6) is 0 Å². The molecule has 0 saturated carbocycles. The lowest BCUT2D eigenvalue weighted by Gasteiger charge is -2.50. The Balaban J connectivity index is 1.28. The van der Waals surface area contributed by atoms with Crippen molar-refractivity contribution in [2.45, 2.75) is 36.5 Å². The van der Waals surface area contributed by atoms with Crippen LogP contribution in [-0.4, -0.2) is 55.4 Å². The first-order valence-corrected chi connectivity index (χ1v) is 13.5. The topological polar surface area (TPSA) is 60.8 Å². The molecule has 3 aromatic rings. The normalized spacial score (nSPS) is 26.4. The summed E-state index contributed by atoms with van der Waals surface area (Å²) in [5.74, 6) is 0.282. The van der Waals surface area contributed by atoms with Gasteiger partial charge in [0.15, 0.2) is 5.79 Å². The summed E-state index contributed by atoms with van der Waals surface area (Å²) in [6.45, 7) is 5.28. The highest BCUT2D eigenvalue weighted by Gasteiger charge is 2.49. The van der Waals surface area contributed by atoms with Gasteiger partial charge in [-0.25, -0.2) is 12.4 Å². The van der Waals surface area contributed by atoms with E-state index in [4.69, 9.17) is 9.47 Å². The summed E-state index contributed by atoms with van der Waals surface area (Å²) in [6, 6.07) is 16.7. The zero-order chi connectivity index (χ0) is 23.3. The number of ether oxygens (including phenoxy) is 2. The second-order valence-corrected chi connectivity index (χ2v) is 11.5. The van der Waals surface area contributed by atoms with Crippen molar-refractivity contribution in [3.8, 4) is 0 Å². The maximum atomic E-state index is 13.4. The smallest absolute Gasteiger partial charge is 0.268 e. The Morgan fingerprint density at radius 1 is 1.00 bits per heavy atom. The van der Waals surface area contributed by atoms with Gasteiger partial charge >= 0.3 is 0 Å². The van der Waals surface area contributed by atoms with Gasteiger partial charge in [0.05, 0.1) is 23.6 Å². The van der Waals surface area contributed by atoms with Crippen LogP contribution < -0.4 is 0 Å². The van der Waals surface area contributed by atoms with Gasteiger partial charge < -0.3 is 9.47 Å². The molecular formula is C27H30N2O4S. The first-order valence-electron chi connectivity index (χ1n) is 12.1. The second kappa shape index (κ2) is 8.34. The van der Waals surface area contributed by atoms with Crippen LogP contribution in [0, 0.1) is 11.8 Å². The molecule has 0 spiro atoms. The number of aromatic nitrogens is 1. The third-order valence-corrected chi connectivity index (χ3v) is 9.39. The van der Waals surface area contributed by atoms with Crippen molar-refractivity contribution < 1.29 is 17.9 Å². The molecule has 2 bridgehead atoms. The lowest BCUT2D eigenvalue weighted by Crippen LogP contribution is -2.57. The molecule has 4 heterocycles. The number of hydrogen-bond donors (Lipinski definition) is 0. The fraction of sp³-hybridized carbons (Fsp3) is 0.407. The van der Waals surface area contributed by atoms with E-state index in [-0.39, 0.29) is 6.04 Å². The Bertz CT molecular complexity index is 1330. The minimum atomic E-state index is -3.67. The number of nitrogens with zero attached hydrogens (tertiary/aromatic N) is 2. The molecule has 4 aliphatic rings. The maximum Gasteiger partial charge on any atom is 0.268 e. The van der Waals surface area contributed by atoms with Crippen molar-refractivity contribution in [2.75, 3.05) is 26.3 Å². The fourth-order valence-corrected chi connectivity index (χ4v) is 7.39. The minimum Gasteiger partial charge on any atom is -0.347 e. The van der Waals surface area contributed by atoms with Crippen LogP contribution in [0.1, 0.15) is 18.9 Å². The third kappa shape index (κ3) is 3.62. The molecule has 0 amide bonds. The maximum absolute atomic E-state index is 13.4. The van der Waals surface area contributed by atoms with Crippen LogP contribution in [0.25, 0.3) is 10.9 Å². The summed E-state index contributed by atoms with van der Waals surface area (Å²) in [5.41, 5.74) is 1.77. The van der Waals surface area contributed by atoms with Crippen LogP contribution in [0.4, 0.5) is 0 Å². The van der Waals surface area contributed by atoms with Gasteiger partial charge in [-0.3, -0.25) is 4.90 Å². The zero-order valence-electron chi connectivity index (χ0n) is 19.3. The average molecular weight is 479 g/mol. The Morgan fingerprint density at radius 2 is 1.74 bits per heavy atom. The molecule has 3 aliphatic heterocycles. The van der Waals surface area contributed by atoms with Gasteiger partial charge in [0.2, 0.25) is 0 Å². The zero-order valence-corrected chi connectivity index (χ0v) is 20.2. The number of piperidine rings is 1. The van der Waals surface area contributed by atoms with Crippen LogP contribution in [0.3, 0.4) is 0 Å². The molecule has 34 heavy (non-hydrogen) atoms. The fourth-order valence-electron chi connectivity index (χ4n) is 5.98. The minimum absolute atomic E-state index is 0.273. The van der Waals surface area contributed by atoms with E-state index in [1.54, 1.807) is 24.3 Å². The Morgan fingerprint density at radius 3 is 2.50 bits per heavy atom. The predicted molar refractivity (Wildman–Crippen MR) is 131 cm³/mol. The van der Waals surface area contributed by atoms with E-state index in [1.807, 2.05) is 36.5 Å². The molecule has 7 heteroatoms. The molecule has 7 rings (SSSR count). The second-order valence-electron chi connectivity index (χ2n) is 9.72. The van der Waals surface area contributed by atoms with Crippen LogP contribution in [0.2, 0.25) is 0 Å². The van der Waals surface area contributed by atoms with Crippen molar-refractivity contribution >= 4 is 20.9 Å². The van der Waals surface area contributed by atoms with Crippen LogP contribution in [-0.2, 0) is 25.9 Å². The van der Waals surface area contributed by atoms with Crippen molar-refractivity contribution in [3.05, 3.63) is 78.5 Å². The molecule has 2 fully saturated rings. The van der Waals surface area contributed by atoms with Crippen LogP contribution >= 0.6 is 0 Å². The quantitative estimate of drug-likeness (QED) is 0.500. The molecule has 1 aliphatic carbocycles. The summed E-state index contributed by atoms with van der Waals surface area (Å²) in [5, 5.41) is 0.991. The molecular weight excluding hydrogens is 448 g/mol.